The minimum atomic E-state index is -1.24. The van der Waals surface area contributed by atoms with Crippen LogP contribution in [0.15, 0.2) is 24.3 Å². The highest BCUT2D eigenvalue weighted by Gasteiger charge is 2.53. The fourth-order valence-electron chi connectivity index (χ4n) is 1.68. The maximum Gasteiger partial charge on any atom is 0.183 e. The number of hydrogen-bond donors (Lipinski definition) is 0. The number of ketones is 1. The third-order valence-electron chi connectivity index (χ3n) is 2.72. The summed E-state index contributed by atoms with van der Waals surface area (Å²) in [5.74, 6) is 0.574. The molecule has 0 spiro atoms. The highest BCUT2D eigenvalue weighted by Crippen LogP contribution is 2.50. The molecule has 1 saturated carbocycles. The lowest BCUT2D eigenvalue weighted by Crippen LogP contribution is -2.45. The van der Waals surface area contributed by atoms with Crippen LogP contribution in [0.2, 0.25) is 0 Å². The molecule has 15 heavy (non-hydrogen) atoms. The van der Waals surface area contributed by atoms with Crippen LogP contribution in [0.5, 0.6) is 5.75 Å². The molecule has 0 aliphatic heterocycles. The zero-order valence-corrected chi connectivity index (χ0v) is 9.68. The third kappa shape index (κ3) is 1.72. The van der Waals surface area contributed by atoms with Crippen molar-refractivity contribution < 1.29 is 9.53 Å². The van der Waals surface area contributed by atoms with Crippen molar-refractivity contribution in [2.75, 3.05) is 7.11 Å². The molecule has 0 aromatic heterocycles. The molecule has 0 bridgehead atoms. The van der Waals surface area contributed by atoms with Crippen molar-refractivity contribution in [3.8, 4) is 5.75 Å². The molecule has 1 aliphatic rings. The number of Topliss-reactive ketones (excluding diaryl/α,β-unsaturated/α-hetero) is 1. The van der Waals surface area contributed by atoms with Gasteiger partial charge >= 0.3 is 0 Å². The number of benzene rings is 1. The molecule has 1 aromatic rings. The van der Waals surface area contributed by atoms with Crippen molar-refractivity contribution in [3.05, 3.63) is 29.8 Å². The molecule has 1 aliphatic carbocycles. The van der Waals surface area contributed by atoms with E-state index in [2.05, 4.69) is 0 Å². The number of hydrogen-bond acceptors (Lipinski definition) is 2. The highest BCUT2D eigenvalue weighted by atomic mass is 35.5. The Labute approximate surface area is 98.1 Å². The van der Waals surface area contributed by atoms with E-state index in [0.29, 0.717) is 6.42 Å². The highest BCUT2D eigenvalue weighted by molar-refractivity contribution is 6.61. The summed E-state index contributed by atoms with van der Waals surface area (Å²) in [6.07, 6.45) is 0.416. The summed E-state index contributed by atoms with van der Waals surface area (Å²) in [6.45, 7) is 0. The van der Waals surface area contributed by atoms with E-state index in [4.69, 9.17) is 27.9 Å². The lowest BCUT2D eigenvalue weighted by Gasteiger charge is -2.38. The molecule has 1 aromatic carbocycles. The molecule has 1 atom stereocenters. The number of ether oxygens (including phenoxy) is 1. The van der Waals surface area contributed by atoms with E-state index in [-0.39, 0.29) is 11.7 Å². The molecule has 2 nitrogen and oxygen atoms in total. The lowest BCUT2D eigenvalue weighted by atomic mass is 9.77. The van der Waals surface area contributed by atoms with E-state index in [9.17, 15) is 4.79 Å². The van der Waals surface area contributed by atoms with Crippen molar-refractivity contribution in [1.82, 2.24) is 0 Å². The summed E-state index contributed by atoms with van der Waals surface area (Å²) in [6, 6.07) is 7.44. The second-order valence-electron chi connectivity index (χ2n) is 3.58. The van der Waals surface area contributed by atoms with E-state index in [0.717, 1.165) is 11.3 Å². The topological polar surface area (TPSA) is 26.3 Å². The first-order chi connectivity index (χ1) is 7.05. The standard InChI is InChI=1S/C11H10Cl2O2/c1-15-8-4-2-7(3-5-8)9-6-10(14)11(9,12)13/h2-5,9H,6H2,1H3. The number of carbonyl (C=O) groups excluding carboxylic acids is 1. The summed E-state index contributed by atoms with van der Waals surface area (Å²) >= 11 is 11.8. The largest absolute Gasteiger partial charge is 0.497 e. The van der Waals surface area contributed by atoms with Crippen LogP contribution in [0.25, 0.3) is 0 Å². The zero-order valence-electron chi connectivity index (χ0n) is 8.17. The van der Waals surface area contributed by atoms with Crippen LogP contribution in [0.4, 0.5) is 0 Å². The lowest BCUT2D eigenvalue weighted by molar-refractivity contribution is -0.125. The van der Waals surface area contributed by atoms with Gasteiger partial charge in [0.25, 0.3) is 0 Å². The van der Waals surface area contributed by atoms with Crippen molar-refractivity contribution in [2.45, 2.75) is 16.7 Å². The molecule has 0 N–H and O–H groups in total. The molecule has 0 radical (unpaired) electrons. The third-order valence-corrected chi connectivity index (χ3v) is 3.67. The van der Waals surface area contributed by atoms with Crippen LogP contribution >= 0.6 is 23.2 Å². The molecule has 2 rings (SSSR count). The van der Waals surface area contributed by atoms with E-state index >= 15 is 0 Å². The van der Waals surface area contributed by atoms with Gasteiger partial charge in [0.05, 0.1) is 7.11 Å². The second kappa shape index (κ2) is 3.69. The van der Waals surface area contributed by atoms with Gasteiger partial charge in [0.2, 0.25) is 0 Å². The van der Waals surface area contributed by atoms with Crippen molar-refractivity contribution in [3.63, 3.8) is 0 Å². The molecule has 0 heterocycles. The average molecular weight is 245 g/mol. The van der Waals surface area contributed by atoms with E-state index in [1.165, 1.54) is 0 Å². The Bertz CT molecular complexity index is 384. The molecule has 0 saturated heterocycles. The first-order valence-corrected chi connectivity index (χ1v) is 5.36. The van der Waals surface area contributed by atoms with Gasteiger partial charge in [-0.15, -0.1) is 0 Å². The number of rotatable bonds is 2. The average Bonchev–Trinajstić information content (AvgIpc) is 2.26. The minimum absolute atomic E-state index is 0.0979. The Balaban J connectivity index is 2.21. The van der Waals surface area contributed by atoms with Crippen LogP contribution in [0, 0.1) is 0 Å². The van der Waals surface area contributed by atoms with Gasteiger partial charge in [-0.2, -0.15) is 0 Å². The number of methoxy groups -OCH3 is 1. The van der Waals surface area contributed by atoms with E-state index in [1.807, 2.05) is 24.3 Å². The van der Waals surface area contributed by atoms with Gasteiger partial charge in [-0.25, -0.2) is 0 Å². The van der Waals surface area contributed by atoms with E-state index < -0.39 is 4.33 Å². The Hall–Kier alpha value is -0.730. The van der Waals surface area contributed by atoms with Crippen LogP contribution < -0.4 is 4.74 Å². The first-order valence-electron chi connectivity index (χ1n) is 4.60. The first kappa shape index (κ1) is 10.8. The van der Waals surface area contributed by atoms with Gasteiger partial charge in [-0.1, -0.05) is 35.3 Å². The van der Waals surface area contributed by atoms with Crippen LogP contribution in [-0.4, -0.2) is 17.2 Å². The smallest absolute Gasteiger partial charge is 0.183 e. The van der Waals surface area contributed by atoms with Gasteiger partial charge in [-0.3, -0.25) is 4.79 Å². The van der Waals surface area contributed by atoms with Crippen molar-refractivity contribution in [2.24, 2.45) is 0 Å². The number of carbonyl (C=O) groups is 1. The predicted octanol–water partition coefficient (Wildman–Crippen LogP) is 2.93. The van der Waals surface area contributed by atoms with Crippen LogP contribution in [-0.2, 0) is 4.79 Å². The second-order valence-corrected chi connectivity index (χ2v) is 4.96. The Kier molecular flexibility index (Phi) is 2.65. The normalized spacial score (nSPS) is 23.4. The monoisotopic (exact) mass is 244 g/mol. The Morgan fingerprint density at radius 1 is 1.33 bits per heavy atom. The quantitative estimate of drug-likeness (QED) is 0.749. The van der Waals surface area contributed by atoms with Gasteiger partial charge in [0.15, 0.2) is 10.1 Å². The summed E-state index contributed by atoms with van der Waals surface area (Å²) in [5.41, 5.74) is 0.973. The number of halogens is 2. The molecule has 80 valence electrons. The van der Waals surface area contributed by atoms with Crippen LogP contribution in [0.1, 0.15) is 17.9 Å². The number of alkyl halides is 2. The van der Waals surface area contributed by atoms with Gasteiger partial charge in [-0.05, 0) is 17.7 Å². The summed E-state index contributed by atoms with van der Waals surface area (Å²) in [5, 5.41) is 0. The van der Waals surface area contributed by atoms with Gasteiger partial charge in [0.1, 0.15) is 5.75 Å². The van der Waals surface area contributed by atoms with Gasteiger partial charge in [0, 0.05) is 12.3 Å². The Morgan fingerprint density at radius 3 is 2.33 bits per heavy atom. The fraction of sp³-hybridized carbons (Fsp3) is 0.364. The molecule has 1 fully saturated rings. The fourth-order valence-corrected chi connectivity index (χ4v) is 2.24. The Morgan fingerprint density at radius 2 is 1.93 bits per heavy atom. The summed E-state index contributed by atoms with van der Waals surface area (Å²) < 4.78 is 3.80. The SMILES string of the molecule is COc1ccc(C2CC(=O)C2(Cl)Cl)cc1. The van der Waals surface area contributed by atoms with E-state index in [1.54, 1.807) is 7.11 Å². The molecular formula is C11H10Cl2O2. The van der Waals surface area contributed by atoms with Crippen LogP contribution in [0.3, 0.4) is 0 Å². The molecular weight excluding hydrogens is 235 g/mol. The van der Waals surface area contributed by atoms with Crippen molar-refractivity contribution in [1.29, 1.82) is 0 Å². The molecule has 0 amide bonds. The summed E-state index contributed by atoms with van der Waals surface area (Å²) in [4.78, 5) is 11.2. The maximum absolute atomic E-state index is 11.2. The molecule has 4 heteroatoms. The van der Waals surface area contributed by atoms with Crippen molar-refractivity contribution >= 4 is 29.0 Å². The minimum Gasteiger partial charge on any atom is -0.497 e. The zero-order chi connectivity index (χ0) is 11.1. The maximum atomic E-state index is 11.2. The predicted molar refractivity (Wildman–Crippen MR) is 59.8 cm³/mol. The summed E-state index contributed by atoms with van der Waals surface area (Å²) in [7, 11) is 1.61. The van der Waals surface area contributed by atoms with Gasteiger partial charge < -0.3 is 4.74 Å². The molecule has 1 unspecified atom stereocenters.